The number of benzene rings is 2. The van der Waals surface area contributed by atoms with Crippen LogP contribution in [0.25, 0.3) is 11.0 Å². The number of rotatable bonds is 4. The quantitative estimate of drug-likeness (QED) is 0.785. The molecule has 0 atom stereocenters. The van der Waals surface area contributed by atoms with E-state index in [4.69, 9.17) is 9.15 Å². The van der Waals surface area contributed by atoms with Gasteiger partial charge in [0.2, 0.25) is 0 Å². The average molecular weight is 282 g/mol. The van der Waals surface area contributed by atoms with Gasteiger partial charge >= 0.3 is 5.97 Å². The minimum absolute atomic E-state index is 0.182. The average Bonchev–Trinajstić information content (AvgIpc) is 2.94. The summed E-state index contributed by atoms with van der Waals surface area (Å²) in [5.74, 6) is -0.368. The lowest BCUT2D eigenvalue weighted by Gasteiger charge is -2.10. The Kier molecular flexibility index (Phi) is 3.36. The first-order valence-corrected chi connectivity index (χ1v) is 6.57. The van der Waals surface area contributed by atoms with Crippen molar-refractivity contribution < 1.29 is 19.1 Å². The standard InChI is InChI=1S/C17H14O4/c1-11-9-14(21-10-12-5-3-2-4-6-12)13-7-8-20-16(13)15(11)17(18)19/h2-9H,10H2,1H3,(H,18,19). The molecule has 3 rings (SSSR count). The second-order valence-electron chi connectivity index (χ2n) is 4.81. The van der Waals surface area contributed by atoms with Gasteiger partial charge < -0.3 is 14.3 Å². The van der Waals surface area contributed by atoms with Crippen molar-refractivity contribution in [1.82, 2.24) is 0 Å². The molecule has 2 aromatic carbocycles. The molecule has 0 saturated carbocycles. The highest BCUT2D eigenvalue weighted by Crippen LogP contribution is 2.32. The molecule has 0 aliphatic carbocycles. The van der Waals surface area contributed by atoms with Gasteiger partial charge in [-0.05, 0) is 30.2 Å². The first-order chi connectivity index (χ1) is 10.2. The molecule has 0 spiro atoms. The van der Waals surface area contributed by atoms with E-state index < -0.39 is 5.97 Å². The summed E-state index contributed by atoms with van der Waals surface area (Å²) in [7, 11) is 0. The Hall–Kier alpha value is -2.75. The summed E-state index contributed by atoms with van der Waals surface area (Å²) >= 11 is 0. The molecule has 0 unspecified atom stereocenters. The van der Waals surface area contributed by atoms with E-state index in [9.17, 15) is 9.90 Å². The molecule has 0 saturated heterocycles. The van der Waals surface area contributed by atoms with E-state index in [1.165, 1.54) is 6.26 Å². The van der Waals surface area contributed by atoms with Crippen LogP contribution in [0.5, 0.6) is 5.75 Å². The number of hydrogen-bond acceptors (Lipinski definition) is 3. The fraction of sp³-hybridized carbons (Fsp3) is 0.118. The van der Waals surface area contributed by atoms with E-state index in [1.807, 2.05) is 30.3 Å². The zero-order valence-corrected chi connectivity index (χ0v) is 11.5. The topological polar surface area (TPSA) is 59.7 Å². The zero-order valence-electron chi connectivity index (χ0n) is 11.5. The summed E-state index contributed by atoms with van der Waals surface area (Å²) in [6.07, 6.45) is 1.48. The lowest BCUT2D eigenvalue weighted by atomic mass is 10.1. The van der Waals surface area contributed by atoms with E-state index in [0.29, 0.717) is 28.9 Å². The molecule has 1 aromatic heterocycles. The molecular weight excluding hydrogens is 268 g/mol. The highest BCUT2D eigenvalue weighted by molar-refractivity contribution is 6.04. The van der Waals surface area contributed by atoms with Gasteiger partial charge in [0.1, 0.15) is 17.9 Å². The van der Waals surface area contributed by atoms with E-state index in [2.05, 4.69) is 0 Å². The molecule has 0 bridgehead atoms. The molecule has 0 amide bonds. The fourth-order valence-corrected chi connectivity index (χ4v) is 2.34. The maximum atomic E-state index is 11.3. The summed E-state index contributed by atoms with van der Waals surface area (Å²) in [6, 6.07) is 13.3. The van der Waals surface area contributed by atoms with Gasteiger partial charge in [-0.2, -0.15) is 0 Å². The first-order valence-electron chi connectivity index (χ1n) is 6.57. The van der Waals surface area contributed by atoms with Crippen molar-refractivity contribution in [2.24, 2.45) is 0 Å². The largest absolute Gasteiger partial charge is 0.488 e. The number of aromatic carboxylic acids is 1. The summed E-state index contributed by atoms with van der Waals surface area (Å²) in [5, 5.41) is 9.95. The van der Waals surface area contributed by atoms with Crippen LogP contribution < -0.4 is 4.74 Å². The second kappa shape index (κ2) is 5.32. The molecule has 0 aliphatic heterocycles. The number of aryl methyl sites for hydroxylation is 1. The van der Waals surface area contributed by atoms with Crippen molar-refractivity contribution in [3.8, 4) is 5.75 Å². The van der Waals surface area contributed by atoms with Crippen LogP contribution in [0.2, 0.25) is 0 Å². The molecule has 21 heavy (non-hydrogen) atoms. The lowest BCUT2D eigenvalue weighted by molar-refractivity contribution is 0.0697. The Morgan fingerprint density at radius 1 is 1.24 bits per heavy atom. The van der Waals surface area contributed by atoms with E-state index in [1.54, 1.807) is 19.1 Å². The molecule has 4 heteroatoms. The van der Waals surface area contributed by atoms with Gasteiger partial charge in [-0.3, -0.25) is 0 Å². The van der Waals surface area contributed by atoms with Gasteiger partial charge in [0.15, 0.2) is 5.58 Å². The number of ether oxygens (including phenoxy) is 1. The van der Waals surface area contributed by atoms with Crippen molar-refractivity contribution in [3.05, 3.63) is 65.4 Å². The van der Waals surface area contributed by atoms with Gasteiger partial charge in [0.25, 0.3) is 0 Å². The SMILES string of the molecule is Cc1cc(OCc2ccccc2)c2ccoc2c1C(=O)O. The van der Waals surface area contributed by atoms with Crippen molar-refractivity contribution in [3.63, 3.8) is 0 Å². The van der Waals surface area contributed by atoms with Crippen LogP contribution in [0.1, 0.15) is 21.5 Å². The van der Waals surface area contributed by atoms with Crippen LogP contribution >= 0.6 is 0 Å². The van der Waals surface area contributed by atoms with Crippen LogP contribution in [0.4, 0.5) is 0 Å². The molecular formula is C17H14O4. The third kappa shape index (κ3) is 2.48. The van der Waals surface area contributed by atoms with Gasteiger partial charge in [0, 0.05) is 0 Å². The number of carbonyl (C=O) groups is 1. The Balaban J connectivity index is 1.98. The predicted molar refractivity (Wildman–Crippen MR) is 78.7 cm³/mol. The first kappa shape index (κ1) is 13.2. The zero-order chi connectivity index (χ0) is 14.8. The van der Waals surface area contributed by atoms with Crippen LogP contribution in [0.15, 0.2) is 53.1 Å². The molecule has 0 fully saturated rings. The summed E-state index contributed by atoms with van der Waals surface area (Å²) in [5.41, 5.74) is 2.20. The van der Waals surface area contributed by atoms with Gasteiger partial charge in [-0.1, -0.05) is 30.3 Å². The minimum Gasteiger partial charge on any atom is -0.488 e. The number of furan rings is 1. The van der Waals surface area contributed by atoms with E-state index >= 15 is 0 Å². The highest BCUT2D eigenvalue weighted by Gasteiger charge is 2.18. The third-order valence-corrected chi connectivity index (χ3v) is 3.35. The summed E-state index contributed by atoms with van der Waals surface area (Å²) < 4.78 is 11.1. The van der Waals surface area contributed by atoms with E-state index in [-0.39, 0.29) is 5.56 Å². The molecule has 106 valence electrons. The lowest BCUT2D eigenvalue weighted by Crippen LogP contribution is -2.02. The summed E-state index contributed by atoms with van der Waals surface area (Å²) in [6.45, 7) is 2.16. The molecule has 3 aromatic rings. The van der Waals surface area contributed by atoms with Gasteiger partial charge in [-0.15, -0.1) is 0 Å². The maximum absolute atomic E-state index is 11.3. The van der Waals surface area contributed by atoms with Crippen molar-refractivity contribution in [2.75, 3.05) is 0 Å². The Bertz CT molecular complexity index is 787. The normalized spacial score (nSPS) is 10.7. The molecule has 0 radical (unpaired) electrons. The van der Waals surface area contributed by atoms with Crippen LogP contribution in [0.3, 0.4) is 0 Å². The Labute approximate surface area is 121 Å². The fourth-order valence-electron chi connectivity index (χ4n) is 2.34. The van der Waals surface area contributed by atoms with Crippen molar-refractivity contribution in [1.29, 1.82) is 0 Å². The van der Waals surface area contributed by atoms with Crippen LogP contribution in [-0.4, -0.2) is 11.1 Å². The second-order valence-corrected chi connectivity index (χ2v) is 4.81. The smallest absolute Gasteiger partial charge is 0.339 e. The molecule has 1 heterocycles. The monoisotopic (exact) mass is 282 g/mol. The van der Waals surface area contributed by atoms with Crippen molar-refractivity contribution >= 4 is 16.9 Å². The third-order valence-electron chi connectivity index (χ3n) is 3.35. The van der Waals surface area contributed by atoms with Crippen LogP contribution in [-0.2, 0) is 6.61 Å². The van der Waals surface area contributed by atoms with Gasteiger partial charge in [0.05, 0.1) is 11.6 Å². The number of carboxylic acids is 1. The number of fused-ring (bicyclic) bond motifs is 1. The molecule has 4 nitrogen and oxygen atoms in total. The van der Waals surface area contributed by atoms with Gasteiger partial charge in [-0.25, -0.2) is 4.79 Å². The van der Waals surface area contributed by atoms with E-state index in [0.717, 1.165) is 5.56 Å². The number of hydrogen-bond donors (Lipinski definition) is 1. The summed E-state index contributed by atoms with van der Waals surface area (Å²) in [4.78, 5) is 11.3. The Morgan fingerprint density at radius 3 is 2.71 bits per heavy atom. The minimum atomic E-state index is -0.998. The number of carboxylic acid groups (broad SMARTS) is 1. The van der Waals surface area contributed by atoms with Crippen LogP contribution in [0, 0.1) is 6.92 Å². The van der Waals surface area contributed by atoms with Crippen molar-refractivity contribution in [2.45, 2.75) is 13.5 Å². The highest BCUT2D eigenvalue weighted by atomic mass is 16.5. The molecule has 1 N–H and O–H groups in total. The Morgan fingerprint density at radius 2 is 2.00 bits per heavy atom. The predicted octanol–water partition coefficient (Wildman–Crippen LogP) is 4.02. The molecule has 0 aliphatic rings. The maximum Gasteiger partial charge on any atom is 0.339 e.